The Hall–Kier alpha value is -3.10. The summed E-state index contributed by atoms with van der Waals surface area (Å²) in [7, 11) is -3.69. The number of carbonyl (C=O) groups is 2. The van der Waals surface area contributed by atoms with Crippen molar-refractivity contribution in [1.29, 1.82) is 0 Å². The summed E-state index contributed by atoms with van der Waals surface area (Å²) >= 11 is 6.41. The van der Waals surface area contributed by atoms with Gasteiger partial charge in [0.1, 0.15) is 6.04 Å². The normalized spacial score (nSPS) is 17.2. The van der Waals surface area contributed by atoms with Gasteiger partial charge in [-0.3, -0.25) is 13.9 Å². The largest absolute Gasteiger partial charge is 0.352 e. The third-order valence-electron chi connectivity index (χ3n) is 7.85. The molecule has 2 aliphatic rings. The molecule has 0 saturated heterocycles. The summed E-state index contributed by atoms with van der Waals surface area (Å²) in [5.41, 5.74) is 1.40. The van der Waals surface area contributed by atoms with Crippen molar-refractivity contribution >= 4 is 49.9 Å². The highest BCUT2D eigenvalue weighted by Gasteiger charge is 2.35. The maximum atomic E-state index is 13.6. The molecule has 0 radical (unpaired) electrons. The molecule has 1 N–H and O–H groups in total. The van der Waals surface area contributed by atoms with Crippen molar-refractivity contribution < 1.29 is 18.0 Å². The SMILES string of the molecule is C[C@@H](C(=O)NC1CCCCC1)N(Cc1ccccc1Cl)C(=O)CCCN1c2cccc3cccc(c23)S1(=O)=O. The van der Waals surface area contributed by atoms with Gasteiger partial charge in [-0.1, -0.05) is 73.3 Å². The first-order chi connectivity index (χ1) is 18.8. The number of amides is 2. The summed E-state index contributed by atoms with van der Waals surface area (Å²) in [6, 6.07) is 17.6. The van der Waals surface area contributed by atoms with Gasteiger partial charge < -0.3 is 10.2 Å². The van der Waals surface area contributed by atoms with Crippen molar-refractivity contribution in [2.75, 3.05) is 10.8 Å². The molecule has 3 aromatic carbocycles. The van der Waals surface area contributed by atoms with Gasteiger partial charge in [0.2, 0.25) is 11.8 Å². The minimum atomic E-state index is -3.69. The Labute approximate surface area is 235 Å². The lowest BCUT2D eigenvalue weighted by Gasteiger charge is -2.31. The second-order valence-electron chi connectivity index (χ2n) is 10.4. The highest BCUT2D eigenvalue weighted by Crippen LogP contribution is 2.42. The molecule has 39 heavy (non-hydrogen) atoms. The molecule has 1 saturated carbocycles. The summed E-state index contributed by atoms with van der Waals surface area (Å²) < 4.78 is 28.0. The number of nitrogens with zero attached hydrogens (tertiary/aromatic N) is 2. The van der Waals surface area contributed by atoms with Gasteiger partial charge in [0, 0.05) is 36.0 Å². The zero-order valence-electron chi connectivity index (χ0n) is 22.1. The van der Waals surface area contributed by atoms with E-state index in [-0.39, 0.29) is 37.4 Å². The van der Waals surface area contributed by atoms with Gasteiger partial charge in [0.15, 0.2) is 0 Å². The van der Waals surface area contributed by atoms with Crippen molar-refractivity contribution in [2.24, 2.45) is 0 Å². The van der Waals surface area contributed by atoms with Crippen LogP contribution in [0.2, 0.25) is 5.02 Å². The molecule has 1 fully saturated rings. The van der Waals surface area contributed by atoms with Crippen LogP contribution in [0.5, 0.6) is 0 Å². The fourth-order valence-electron chi connectivity index (χ4n) is 5.68. The maximum absolute atomic E-state index is 13.6. The number of hydrogen-bond donors (Lipinski definition) is 1. The molecule has 1 atom stereocenters. The first-order valence-corrected chi connectivity index (χ1v) is 15.5. The number of sulfonamides is 1. The van der Waals surface area contributed by atoms with Gasteiger partial charge >= 0.3 is 0 Å². The second kappa shape index (κ2) is 11.6. The Morgan fingerprint density at radius 3 is 2.49 bits per heavy atom. The predicted molar refractivity (Wildman–Crippen MR) is 154 cm³/mol. The Morgan fingerprint density at radius 2 is 1.74 bits per heavy atom. The van der Waals surface area contributed by atoms with E-state index >= 15 is 0 Å². The summed E-state index contributed by atoms with van der Waals surface area (Å²) in [4.78, 5) is 28.6. The van der Waals surface area contributed by atoms with Crippen LogP contribution in [-0.2, 0) is 26.2 Å². The number of rotatable bonds is 9. The van der Waals surface area contributed by atoms with E-state index in [1.807, 2.05) is 36.4 Å². The monoisotopic (exact) mass is 567 g/mol. The topological polar surface area (TPSA) is 86.8 Å². The van der Waals surface area contributed by atoms with Crippen LogP contribution in [0.4, 0.5) is 5.69 Å². The minimum Gasteiger partial charge on any atom is -0.352 e. The lowest BCUT2D eigenvalue weighted by Crippen LogP contribution is -2.50. The number of halogens is 1. The Morgan fingerprint density at radius 1 is 1.03 bits per heavy atom. The molecule has 7 nitrogen and oxygen atoms in total. The van der Waals surface area contributed by atoms with Crippen molar-refractivity contribution in [2.45, 2.75) is 75.4 Å². The van der Waals surface area contributed by atoms with Crippen LogP contribution < -0.4 is 9.62 Å². The number of hydrogen-bond acceptors (Lipinski definition) is 4. The third-order valence-corrected chi connectivity index (χ3v) is 10.1. The van der Waals surface area contributed by atoms with E-state index < -0.39 is 16.1 Å². The van der Waals surface area contributed by atoms with E-state index in [9.17, 15) is 18.0 Å². The van der Waals surface area contributed by atoms with Gasteiger partial charge in [-0.2, -0.15) is 0 Å². The van der Waals surface area contributed by atoms with Crippen molar-refractivity contribution in [3.05, 3.63) is 71.2 Å². The third kappa shape index (κ3) is 5.63. The van der Waals surface area contributed by atoms with Gasteiger partial charge in [-0.15, -0.1) is 0 Å². The van der Waals surface area contributed by atoms with Crippen LogP contribution in [0, 0.1) is 0 Å². The quantitative estimate of drug-likeness (QED) is 0.362. The summed E-state index contributed by atoms with van der Waals surface area (Å²) in [5.74, 6) is -0.389. The number of nitrogens with one attached hydrogen (secondary N) is 1. The molecule has 0 aromatic heterocycles. The average Bonchev–Trinajstić information content (AvgIpc) is 3.16. The molecule has 9 heteroatoms. The molecule has 2 amide bonds. The zero-order valence-corrected chi connectivity index (χ0v) is 23.7. The highest BCUT2D eigenvalue weighted by molar-refractivity contribution is 7.93. The number of carbonyl (C=O) groups excluding carboxylic acids is 2. The Balaban J connectivity index is 1.30. The number of anilines is 1. The number of benzene rings is 3. The predicted octanol–water partition coefficient (Wildman–Crippen LogP) is 5.65. The van der Waals surface area contributed by atoms with Gasteiger partial charge in [0.25, 0.3) is 10.0 Å². The first-order valence-electron chi connectivity index (χ1n) is 13.6. The zero-order chi connectivity index (χ0) is 27.6. The lowest BCUT2D eigenvalue weighted by molar-refractivity contribution is -0.141. The van der Waals surface area contributed by atoms with Crippen LogP contribution in [0.3, 0.4) is 0 Å². The Bertz CT molecular complexity index is 1480. The lowest BCUT2D eigenvalue weighted by atomic mass is 9.95. The second-order valence-corrected chi connectivity index (χ2v) is 12.7. The highest BCUT2D eigenvalue weighted by atomic mass is 35.5. The molecular formula is C30H34ClN3O4S. The molecule has 0 bridgehead atoms. The van der Waals surface area contributed by atoms with Crippen molar-refractivity contribution in [1.82, 2.24) is 10.2 Å². The molecule has 5 rings (SSSR count). The van der Waals surface area contributed by atoms with E-state index in [4.69, 9.17) is 11.6 Å². The molecule has 1 aliphatic carbocycles. The van der Waals surface area contributed by atoms with Crippen LogP contribution in [-0.4, -0.2) is 43.8 Å². The van der Waals surface area contributed by atoms with E-state index in [0.717, 1.165) is 42.0 Å². The molecule has 206 valence electrons. The smallest absolute Gasteiger partial charge is 0.265 e. The molecular weight excluding hydrogens is 534 g/mol. The fraction of sp³-hybridized carbons (Fsp3) is 0.400. The van der Waals surface area contributed by atoms with E-state index in [1.54, 1.807) is 36.1 Å². The van der Waals surface area contributed by atoms with E-state index in [0.29, 0.717) is 22.0 Å². The fourth-order valence-corrected chi connectivity index (χ4v) is 7.62. The molecule has 0 spiro atoms. The van der Waals surface area contributed by atoms with Crippen LogP contribution in [0.25, 0.3) is 10.8 Å². The standard InChI is InChI=1S/C30H34ClN3O4S/c1-21(30(36)32-24-13-3-2-4-14-24)33(20-23-10-5-6-15-25(23)31)28(35)18-9-19-34-26-16-7-11-22-12-8-17-27(29(22)26)39(34,37)38/h5-8,10-12,15-17,21,24H,2-4,9,13-14,18-20H2,1H3,(H,32,36)/t21-/m0/s1. The van der Waals surface area contributed by atoms with Crippen LogP contribution >= 0.6 is 11.6 Å². The molecule has 1 aliphatic heterocycles. The van der Waals surface area contributed by atoms with Gasteiger partial charge in [-0.25, -0.2) is 8.42 Å². The van der Waals surface area contributed by atoms with Crippen molar-refractivity contribution in [3.63, 3.8) is 0 Å². The maximum Gasteiger partial charge on any atom is 0.265 e. The summed E-state index contributed by atoms with van der Waals surface area (Å²) in [5, 5.41) is 5.26. The van der Waals surface area contributed by atoms with Gasteiger partial charge in [-0.05, 0) is 55.3 Å². The molecule has 0 unspecified atom stereocenters. The van der Waals surface area contributed by atoms with Crippen LogP contribution in [0.1, 0.15) is 57.4 Å². The summed E-state index contributed by atoms with van der Waals surface area (Å²) in [6.07, 6.45) is 5.71. The molecule has 3 aromatic rings. The van der Waals surface area contributed by atoms with Crippen molar-refractivity contribution in [3.8, 4) is 0 Å². The first kappa shape index (κ1) is 27.5. The molecule has 1 heterocycles. The van der Waals surface area contributed by atoms with Crippen LogP contribution in [0.15, 0.2) is 65.6 Å². The Kier molecular flexibility index (Phi) is 8.14. The van der Waals surface area contributed by atoms with E-state index in [2.05, 4.69) is 5.32 Å². The summed E-state index contributed by atoms with van der Waals surface area (Å²) in [6.45, 7) is 2.12. The van der Waals surface area contributed by atoms with E-state index in [1.165, 1.54) is 10.7 Å². The van der Waals surface area contributed by atoms with Gasteiger partial charge in [0.05, 0.1) is 10.6 Å². The average molecular weight is 568 g/mol. The minimum absolute atomic E-state index is 0.101.